The van der Waals surface area contributed by atoms with E-state index >= 15 is 0 Å². The summed E-state index contributed by atoms with van der Waals surface area (Å²) in [5, 5.41) is 2.07. The minimum absolute atomic E-state index is 0.589. The van der Waals surface area contributed by atoms with Crippen LogP contribution >= 0.6 is 11.3 Å². The summed E-state index contributed by atoms with van der Waals surface area (Å²) >= 11 is 1.70. The molecular formula is C13H15NOS. The molecule has 2 N–H and O–H groups in total. The molecule has 3 heteroatoms. The Hall–Kier alpha value is -1.32. The molecule has 0 saturated carbocycles. The van der Waals surface area contributed by atoms with Crippen molar-refractivity contribution < 1.29 is 4.74 Å². The van der Waals surface area contributed by atoms with Gasteiger partial charge in [0.15, 0.2) is 0 Å². The average Bonchev–Trinajstić information content (AvgIpc) is 2.78. The highest BCUT2D eigenvalue weighted by Gasteiger charge is 2.05. The molecule has 0 spiro atoms. The second kappa shape index (κ2) is 5.14. The van der Waals surface area contributed by atoms with E-state index in [-0.39, 0.29) is 0 Å². The van der Waals surface area contributed by atoms with Gasteiger partial charge in [0.25, 0.3) is 0 Å². The van der Waals surface area contributed by atoms with Gasteiger partial charge >= 0.3 is 0 Å². The lowest BCUT2D eigenvalue weighted by Crippen LogP contribution is -1.95. The van der Waals surface area contributed by atoms with Gasteiger partial charge in [-0.15, -0.1) is 11.3 Å². The maximum Gasteiger partial charge on any atom is 0.119 e. The summed E-state index contributed by atoms with van der Waals surface area (Å²) in [6.07, 6.45) is 0. The summed E-state index contributed by atoms with van der Waals surface area (Å²) in [6.45, 7) is 3.27. The fourth-order valence-electron chi connectivity index (χ4n) is 1.68. The van der Waals surface area contributed by atoms with E-state index in [1.807, 2.05) is 19.1 Å². The first kappa shape index (κ1) is 11.2. The van der Waals surface area contributed by atoms with Gasteiger partial charge in [-0.05, 0) is 41.6 Å². The highest BCUT2D eigenvalue weighted by atomic mass is 32.1. The Balaban J connectivity index is 2.36. The molecule has 0 aliphatic heterocycles. The molecule has 0 fully saturated rings. The predicted molar refractivity (Wildman–Crippen MR) is 68.8 cm³/mol. The van der Waals surface area contributed by atoms with Crippen molar-refractivity contribution in [3.63, 3.8) is 0 Å². The maximum atomic E-state index is 5.71. The van der Waals surface area contributed by atoms with Gasteiger partial charge in [-0.1, -0.05) is 12.1 Å². The highest BCUT2D eigenvalue weighted by molar-refractivity contribution is 7.10. The molecule has 1 heterocycles. The van der Waals surface area contributed by atoms with Crippen LogP contribution in [0.4, 0.5) is 0 Å². The Kier molecular flexibility index (Phi) is 3.59. The second-order valence-corrected chi connectivity index (χ2v) is 4.42. The molecule has 0 aliphatic carbocycles. The van der Waals surface area contributed by atoms with Crippen LogP contribution in [0.2, 0.25) is 0 Å². The molecule has 2 aromatic rings. The van der Waals surface area contributed by atoms with Gasteiger partial charge in [0.1, 0.15) is 5.75 Å². The average molecular weight is 233 g/mol. The Morgan fingerprint density at radius 3 is 2.94 bits per heavy atom. The lowest BCUT2D eigenvalue weighted by molar-refractivity contribution is 0.340. The molecule has 16 heavy (non-hydrogen) atoms. The number of thiophene rings is 1. The number of hydrogen-bond acceptors (Lipinski definition) is 3. The zero-order chi connectivity index (χ0) is 11.4. The molecule has 0 atom stereocenters. The van der Waals surface area contributed by atoms with Gasteiger partial charge in [0, 0.05) is 11.4 Å². The summed E-state index contributed by atoms with van der Waals surface area (Å²) in [5.74, 6) is 0.911. The molecular weight excluding hydrogens is 218 g/mol. The molecule has 1 aromatic carbocycles. The third-order valence-corrected chi connectivity index (χ3v) is 3.33. The van der Waals surface area contributed by atoms with Crippen LogP contribution in [0.3, 0.4) is 0 Å². The summed E-state index contributed by atoms with van der Waals surface area (Å²) < 4.78 is 5.49. The van der Waals surface area contributed by atoms with Crippen molar-refractivity contribution in [2.45, 2.75) is 13.5 Å². The van der Waals surface area contributed by atoms with Crippen molar-refractivity contribution in [3.05, 3.63) is 40.6 Å². The van der Waals surface area contributed by atoms with Crippen LogP contribution in [-0.2, 0) is 6.54 Å². The topological polar surface area (TPSA) is 35.2 Å². The number of ether oxygens (including phenoxy) is 1. The smallest absolute Gasteiger partial charge is 0.119 e. The first-order valence-corrected chi connectivity index (χ1v) is 6.22. The van der Waals surface area contributed by atoms with E-state index in [9.17, 15) is 0 Å². The van der Waals surface area contributed by atoms with E-state index < -0.39 is 0 Å². The quantitative estimate of drug-likeness (QED) is 0.879. The van der Waals surface area contributed by atoms with Gasteiger partial charge in [0.2, 0.25) is 0 Å². The van der Waals surface area contributed by atoms with Crippen LogP contribution in [0.1, 0.15) is 11.8 Å². The number of benzene rings is 1. The Morgan fingerprint density at radius 2 is 2.19 bits per heavy atom. The molecule has 0 aliphatic rings. The van der Waals surface area contributed by atoms with Crippen molar-refractivity contribution in [2.75, 3.05) is 6.61 Å². The normalized spacial score (nSPS) is 10.4. The second-order valence-electron chi connectivity index (χ2n) is 3.42. The molecule has 2 nitrogen and oxygen atoms in total. The highest BCUT2D eigenvalue weighted by Crippen LogP contribution is 2.30. The first-order chi connectivity index (χ1) is 7.85. The van der Waals surface area contributed by atoms with E-state index in [0.29, 0.717) is 13.2 Å². The first-order valence-electron chi connectivity index (χ1n) is 5.34. The van der Waals surface area contributed by atoms with E-state index in [1.165, 1.54) is 16.0 Å². The predicted octanol–water partition coefficient (Wildman–Crippen LogP) is 3.27. The summed E-state index contributed by atoms with van der Waals surface area (Å²) in [5.41, 5.74) is 8.10. The van der Waals surface area contributed by atoms with Crippen molar-refractivity contribution in [1.82, 2.24) is 0 Å². The van der Waals surface area contributed by atoms with Gasteiger partial charge < -0.3 is 10.5 Å². The summed E-state index contributed by atoms with van der Waals surface area (Å²) in [6, 6.07) is 10.2. The third-order valence-electron chi connectivity index (χ3n) is 2.39. The van der Waals surface area contributed by atoms with Gasteiger partial charge in [-0.25, -0.2) is 0 Å². The minimum Gasteiger partial charge on any atom is -0.494 e. The number of rotatable bonds is 4. The standard InChI is InChI=1S/C13H15NOS/c1-2-15-11-5-3-4-10(8-11)12-6-7-16-13(12)9-14/h3-8H,2,9,14H2,1H3. The van der Waals surface area contributed by atoms with E-state index in [4.69, 9.17) is 10.5 Å². The Labute approximate surface area is 99.7 Å². The molecule has 1 aromatic heterocycles. The summed E-state index contributed by atoms with van der Waals surface area (Å²) in [7, 11) is 0. The Morgan fingerprint density at radius 1 is 1.31 bits per heavy atom. The summed E-state index contributed by atoms with van der Waals surface area (Å²) in [4.78, 5) is 1.22. The number of nitrogens with two attached hydrogens (primary N) is 1. The van der Waals surface area contributed by atoms with Crippen LogP contribution in [0.25, 0.3) is 11.1 Å². The molecule has 0 amide bonds. The molecule has 0 saturated heterocycles. The zero-order valence-corrected chi connectivity index (χ0v) is 10.1. The van der Waals surface area contributed by atoms with E-state index in [1.54, 1.807) is 11.3 Å². The van der Waals surface area contributed by atoms with Gasteiger partial charge in [-0.3, -0.25) is 0 Å². The van der Waals surface area contributed by atoms with Crippen LogP contribution in [0.5, 0.6) is 5.75 Å². The molecule has 0 bridgehead atoms. The fourth-order valence-corrected chi connectivity index (χ4v) is 2.45. The van der Waals surface area contributed by atoms with Crippen molar-refractivity contribution in [2.24, 2.45) is 5.73 Å². The molecule has 0 unspecified atom stereocenters. The lowest BCUT2D eigenvalue weighted by Gasteiger charge is -2.06. The van der Waals surface area contributed by atoms with Crippen molar-refractivity contribution >= 4 is 11.3 Å². The van der Waals surface area contributed by atoms with Crippen molar-refractivity contribution in [3.8, 4) is 16.9 Å². The maximum absolute atomic E-state index is 5.71. The zero-order valence-electron chi connectivity index (χ0n) is 9.27. The van der Waals surface area contributed by atoms with Gasteiger partial charge in [0.05, 0.1) is 6.61 Å². The van der Waals surface area contributed by atoms with Crippen LogP contribution in [0, 0.1) is 0 Å². The SMILES string of the molecule is CCOc1cccc(-c2ccsc2CN)c1. The van der Waals surface area contributed by atoms with E-state index in [0.717, 1.165) is 5.75 Å². The molecule has 84 valence electrons. The Bertz CT molecular complexity index is 464. The monoisotopic (exact) mass is 233 g/mol. The lowest BCUT2D eigenvalue weighted by atomic mass is 10.1. The van der Waals surface area contributed by atoms with Gasteiger partial charge in [-0.2, -0.15) is 0 Å². The van der Waals surface area contributed by atoms with Crippen LogP contribution in [0.15, 0.2) is 35.7 Å². The third kappa shape index (κ3) is 2.26. The molecule has 0 radical (unpaired) electrons. The fraction of sp³-hybridized carbons (Fsp3) is 0.231. The largest absolute Gasteiger partial charge is 0.494 e. The minimum atomic E-state index is 0.589. The number of hydrogen-bond donors (Lipinski definition) is 1. The van der Waals surface area contributed by atoms with Crippen LogP contribution < -0.4 is 10.5 Å². The van der Waals surface area contributed by atoms with Crippen molar-refractivity contribution in [1.29, 1.82) is 0 Å². The molecule has 2 rings (SSSR count). The van der Waals surface area contributed by atoms with E-state index in [2.05, 4.69) is 23.6 Å². The van der Waals surface area contributed by atoms with Crippen LogP contribution in [-0.4, -0.2) is 6.61 Å².